The molecule has 1 rings (SSSR count). The molecule has 0 saturated carbocycles. The van der Waals surface area contributed by atoms with Gasteiger partial charge in [-0.15, -0.1) is 6.58 Å². The van der Waals surface area contributed by atoms with Crippen molar-refractivity contribution in [2.24, 2.45) is 0 Å². The number of hydrogen-bond donors (Lipinski definition) is 1. The highest BCUT2D eigenvalue weighted by molar-refractivity contribution is 5.91. The van der Waals surface area contributed by atoms with Crippen LogP contribution in [0.2, 0.25) is 0 Å². The SMILES string of the molecule is C=CCCNC(=O)c1ccco1. The van der Waals surface area contributed by atoms with Crippen LogP contribution in [0.15, 0.2) is 35.5 Å². The van der Waals surface area contributed by atoms with Crippen molar-refractivity contribution in [2.75, 3.05) is 6.54 Å². The van der Waals surface area contributed by atoms with E-state index in [9.17, 15) is 4.79 Å². The third-order valence-electron chi connectivity index (χ3n) is 1.38. The van der Waals surface area contributed by atoms with E-state index in [0.717, 1.165) is 6.42 Å². The Morgan fingerprint density at radius 3 is 3.17 bits per heavy atom. The van der Waals surface area contributed by atoms with E-state index in [1.165, 1.54) is 6.26 Å². The van der Waals surface area contributed by atoms with E-state index in [4.69, 9.17) is 4.42 Å². The van der Waals surface area contributed by atoms with E-state index in [-0.39, 0.29) is 5.91 Å². The molecule has 1 aromatic rings. The van der Waals surface area contributed by atoms with E-state index in [1.807, 2.05) is 0 Å². The topological polar surface area (TPSA) is 42.2 Å². The van der Waals surface area contributed by atoms with Gasteiger partial charge in [0.1, 0.15) is 0 Å². The number of nitrogens with one attached hydrogen (secondary N) is 1. The lowest BCUT2D eigenvalue weighted by Gasteiger charge is -1.98. The van der Waals surface area contributed by atoms with Gasteiger partial charge in [-0.25, -0.2) is 0 Å². The Morgan fingerprint density at radius 2 is 2.58 bits per heavy atom. The van der Waals surface area contributed by atoms with Gasteiger partial charge in [0.2, 0.25) is 0 Å². The zero-order valence-electron chi connectivity index (χ0n) is 6.75. The molecule has 0 bridgehead atoms. The third kappa shape index (κ3) is 2.27. The van der Waals surface area contributed by atoms with Crippen molar-refractivity contribution in [3.63, 3.8) is 0 Å². The fourth-order valence-corrected chi connectivity index (χ4v) is 0.783. The van der Waals surface area contributed by atoms with Crippen molar-refractivity contribution in [1.29, 1.82) is 0 Å². The molecule has 0 aromatic carbocycles. The number of amides is 1. The Morgan fingerprint density at radius 1 is 1.75 bits per heavy atom. The van der Waals surface area contributed by atoms with Crippen LogP contribution < -0.4 is 5.32 Å². The van der Waals surface area contributed by atoms with Gasteiger partial charge in [-0.3, -0.25) is 4.79 Å². The molecule has 1 heterocycles. The Kier molecular flexibility index (Phi) is 3.14. The molecule has 1 N–H and O–H groups in total. The second-order valence-electron chi connectivity index (χ2n) is 2.31. The molecule has 0 saturated heterocycles. The summed E-state index contributed by atoms with van der Waals surface area (Å²) in [6.45, 7) is 4.15. The lowest BCUT2D eigenvalue weighted by molar-refractivity contribution is 0.0926. The lowest BCUT2D eigenvalue weighted by Crippen LogP contribution is -2.23. The Balaban J connectivity index is 2.34. The van der Waals surface area contributed by atoms with Gasteiger partial charge in [-0.2, -0.15) is 0 Å². The maximum Gasteiger partial charge on any atom is 0.286 e. The molecule has 0 aliphatic heterocycles. The maximum absolute atomic E-state index is 11.1. The van der Waals surface area contributed by atoms with Crippen LogP contribution in [0, 0.1) is 0 Å². The largest absolute Gasteiger partial charge is 0.459 e. The van der Waals surface area contributed by atoms with Gasteiger partial charge >= 0.3 is 0 Å². The highest BCUT2D eigenvalue weighted by atomic mass is 16.3. The molecule has 0 aliphatic carbocycles. The molecule has 0 unspecified atom stereocenters. The summed E-state index contributed by atoms with van der Waals surface area (Å²) in [6, 6.07) is 3.31. The van der Waals surface area contributed by atoms with Crippen LogP contribution >= 0.6 is 0 Å². The Bertz CT molecular complexity index is 252. The monoisotopic (exact) mass is 165 g/mol. The van der Waals surface area contributed by atoms with Crippen molar-refractivity contribution in [3.8, 4) is 0 Å². The molecule has 3 nitrogen and oxygen atoms in total. The first-order valence-electron chi connectivity index (χ1n) is 3.77. The van der Waals surface area contributed by atoms with Crippen LogP contribution in [0.5, 0.6) is 0 Å². The molecule has 64 valence electrons. The van der Waals surface area contributed by atoms with E-state index >= 15 is 0 Å². The molecule has 3 heteroatoms. The second-order valence-corrected chi connectivity index (χ2v) is 2.31. The zero-order valence-corrected chi connectivity index (χ0v) is 6.75. The highest BCUT2D eigenvalue weighted by Gasteiger charge is 2.05. The number of rotatable bonds is 4. The normalized spacial score (nSPS) is 9.33. The van der Waals surface area contributed by atoms with Crippen molar-refractivity contribution in [1.82, 2.24) is 5.32 Å². The standard InChI is InChI=1S/C9H11NO2/c1-2-3-6-10-9(11)8-5-4-7-12-8/h2,4-5,7H,1,3,6H2,(H,10,11). The lowest BCUT2D eigenvalue weighted by atomic mass is 10.4. The van der Waals surface area contributed by atoms with Crippen molar-refractivity contribution < 1.29 is 9.21 Å². The predicted octanol–water partition coefficient (Wildman–Crippen LogP) is 1.59. The molecule has 0 atom stereocenters. The van der Waals surface area contributed by atoms with Crippen LogP contribution in [0.1, 0.15) is 17.0 Å². The zero-order chi connectivity index (χ0) is 8.81. The number of hydrogen-bond acceptors (Lipinski definition) is 2. The molecular weight excluding hydrogens is 154 g/mol. The fraction of sp³-hybridized carbons (Fsp3) is 0.222. The van der Waals surface area contributed by atoms with E-state index < -0.39 is 0 Å². The summed E-state index contributed by atoms with van der Waals surface area (Å²) < 4.78 is 4.89. The number of furan rings is 1. The first kappa shape index (κ1) is 8.59. The van der Waals surface area contributed by atoms with Crippen LogP contribution in [0.3, 0.4) is 0 Å². The van der Waals surface area contributed by atoms with Gasteiger partial charge in [0.05, 0.1) is 6.26 Å². The molecule has 1 amide bonds. The third-order valence-corrected chi connectivity index (χ3v) is 1.38. The maximum atomic E-state index is 11.1. The fourth-order valence-electron chi connectivity index (χ4n) is 0.783. The highest BCUT2D eigenvalue weighted by Crippen LogP contribution is 1.98. The average molecular weight is 165 g/mol. The summed E-state index contributed by atoms with van der Waals surface area (Å²) in [6.07, 6.45) is 4.00. The smallest absolute Gasteiger partial charge is 0.286 e. The van der Waals surface area contributed by atoms with Gasteiger partial charge in [0.25, 0.3) is 5.91 Å². The van der Waals surface area contributed by atoms with Crippen molar-refractivity contribution in [3.05, 3.63) is 36.8 Å². The van der Waals surface area contributed by atoms with E-state index in [2.05, 4.69) is 11.9 Å². The minimum absolute atomic E-state index is 0.179. The Hall–Kier alpha value is -1.51. The van der Waals surface area contributed by atoms with E-state index in [1.54, 1.807) is 18.2 Å². The molecule has 0 aliphatic rings. The number of carbonyl (C=O) groups is 1. The molecule has 0 spiro atoms. The first-order chi connectivity index (χ1) is 5.84. The van der Waals surface area contributed by atoms with Crippen LogP contribution in [-0.4, -0.2) is 12.5 Å². The minimum Gasteiger partial charge on any atom is -0.459 e. The summed E-state index contributed by atoms with van der Waals surface area (Å²) in [5, 5.41) is 2.68. The van der Waals surface area contributed by atoms with Gasteiger partial charge in [0.15, 0.2) is 5.76 Å². The summed E-state index contributed by atoms with van der Waals surface area (Å²) in [5.74, 6) is 0.168. The van der Waals surface area contributed by atoms with Gasteiger partial charge < -0.3 is 9.73 Å². The second kappa shape index (κ2) is 4.38. The van der Waals surface area contributed by atoms with Crippen molar-refractivity contribution >= 4 is 5.91 Å². The predicted molar refractivity (Wildman–Crippen MR) is 45.9 cm³/mol. The quantitative estimate of drug-likeness (QED) is 0.543. The summed E-state index contributed by atoms with van der Waals surface area (Å²) in [4.78, 5) is 11.1. The summed E-state index contributed by atoms with van der Waals surface area (Å²) in [7, 11) is 0. The first-order valence-corrected chi connectivity index (χ1v) is 3.77. The minimum atomic E-state index is -0.179. The van der Waals surface area contributed by atoms with Crippen LogP contribution in [0.4, 0.5) is 0 Å². The summed E-state index contributed by atoms with van der Waals surface area (Å²) >= 11 is 0. The average Bonchev–Trinajstić information content (AvgIpc) is 2.56. The van der Waals surface area contributed by atoms with Gasteiger partial charge in [0, 0.05) is 6.54 Å². The Labute approximate surface area is 71.1 Å². The van der Waals surface area contributed by atoms with Crippen LogP contribution in [0.25, 0.3) is 0 Å². The van der Waals surface area contributed by atoms with Gasteiger partial charge in [-0.05, 0) is 18.6 Å². The molecule has 0 fully saturated rings. The van der Waals surface area contributed by atoms with Gasteiger partial charge in [-0.1, -0.05) is 6.08 Å². The molecule has 0 radical (unpaired) electrons. The summed E-state index contributed by atoms with van der Waals surface area (Å²) in [5.41, 5.74) is 0. The van der Waals surface area contributed by atoms with Crippen LogP contribution in [-0.2, 0) is 0 Å². The van der Waals surface area contributed by atoms with Crippen molar-refractivity contribution in [2.45, 2.75) is 6.42 Å². The van der Waals surface area contributed by atoms with E-state index in [0.29, 0.717) is 12.3 Å². The number of carbonyl (C=O) groups excluding carboxylic acids is 1. The molecular formula is C9H11NO2. The molecule has 1 aromatic heterocycles. The molecule has 12 heavy (non-hydrogen) atoms.